The Kier molecular flexibility index (Phi) is 10.6. The molecule has 11 heteroatoms. The molecular formula is C29H38N2O7S2. The third-order valence-electron chi connectivity index (χ3n) is 6.22. The Hall–Kier alpha value is -3.12. The molecule has 1 atom stereocenters. The van der Waals surface area contributed by atoms with Gasteiger partial charge in [-0.2, -0.15) is 16.8 Å². The summed E-state index contributed by atoms with van der Waals surface area (Å²) < 4.78 is 69.5. The standard InChI is InChI=1S/C29H38N2O7S2/c1-29(2,3)28-21-23(11-7-8-16-30-24-12-5-4-6-13-24)26-15-14-25(22-27(26)38-28)31(17-9-19-39(32,33)34)18-10-20-40(35,36)37/h4-8,11-16,21-23,30H,9-10,17-20H2,1-3H3,(H,32,33,34)(H,35,36,37)/b11-7+,16-8+. The first-order valence-electron chi connectivity index (χ1n) is 13.1. The molecule has 0 amide bonds. The topological polar surface area (TPSA) is 133 Å². The molecule has 1 heterocycles. The predicted molar refractivity (Wildman–Crippen MR) is 160 cm³/mol. The van der Waals surface area contributed by atoms with Crippen molar-refractivity contribution in [3.8, 4) is 5.75 Å². The lowest BCUT2D eigenvalue weighted by Crippen LogP contribution is -2.29. The van der Waals surface area contributed by atoms with E-state index in [1.807, 2.05) is 71.8 Å². The predicted octanol–water partition coefficient (Wildman–Crippen LogP) is 5.64. The van der Waals surface area contributed by atoms with Gasteiger partial charge in [-0.25, -0.2) is 0 Å². The summed E-state index contributed by atoms with van der Waals surface area (Å²) in [5.74, 6) is 0.572. The summed E-state index contributed by atoms with van der Waals surface area (Å²) in [5.41, 5.74) is 2.40. The van der Waals surface area contributed by atoms with E-state index in [1.54, 1.807) is 0 Å². The van der Waals surface area contributed by atoms with Crippen LogP contribution in [0.3, 0.4) is 0 Å². The van der Waals surface area contributed by atoms with Crippen LogP contribution in [-0.2, 0) is 20.2 Å². The zero-order valence-electron chi connectivity index (χ0n) is 23.0. The number of hydrogen-bond donors (Lipinski definition) is 3. The summed E-state index contributed by atoms with van der Waals surface area (Å²) in [6, 6.07) is 15.5. The molecule has 0 saturated carbocycles. The molecule has 3 N–H and O–H groups in total. The summed E-state index contributed by atoms with van der Waals surface area (Å²) in [4.78, 5) is 1.83. The number of nitrogens with one attached hydrogen (secondary N) is 1. The lowest BCUT2D eigenvalue weighted by atomic mass is 9.86. The maximum absolute atomic E-state index is 11.2. The Morgan fingerprint density at radius 2 is 1.55 bits per heavy atom. The van der Waals surface area contributed by atoms with Crippen molar-refractivity contribution in [1.29, 1.82) is 0 Å². The van der Waals surface area contributed by atoms with E-state index in [2.05, 4.69) is 38.2 Å². The first-order valence-corrected chi connectivity index (χ1v) is 16.3. The number of rotatable bonds is 13. The molecular weight excluding hydrogens is 552 g/mol. The van der Waals surface area contributed by atoms with Gasteiger partial charge in [-0.05, 0) is 43.2 Å². The SMILES string of the molecule is CC(C)(C)C1=CC(/C=C/C=C/Nc2ccccc2)c2ccc(N(CCCS(=O)(=O)O)CCCS(=O)(=O)O)cc2O1. The van der Waals surface area contributed by atoms with Gasteiger partial charge in [0.05, 0.1) is 11.5 Å². The maximum Gasteiger partial charge on any atom is 0.264 e. The molecule has 1 aliphatic heterocycles. The highest BCUT2D eigenvalue weighted by Gasteiger charge is 2.28. The van der Waals surface area contributed by atoms with E-state index in [4.69, 9.17) is 13.8 Å². The smallest absolute Gasteiger partial charge is 0.264 e. The number of allylic oxidation sites excluding steroid dienone is 5. The fourth-order valence-electron chi connectivity index (χ4n) is 4.21. The molecule has 218 valence electrons. The van der Waals surface area contributed by atoms with Crippen LogP contribution in [0.2, 0.25) is 0 Å². The molecule has 0 saturated heterocycles. The quantitative estimate of drug-likeness (QED) is 0.200. The van der Waals surface area contributed by atoms with E-state index in [0.717, 1.165) is 17.0 Å². The van der Waals surface area contributed by atoms with Gasteiger partial charge in [0.15, 0.2) is 0 Å². The summed E-state index contributed by atoms with van der Waals surface area (Å²) in [6.07, 6.45) is 10.2. The van der Waals surface area contributed by atoms with Crippen LogP contribution < -0.4 is 15.0 Å². The molecule has 3 rings (SSSR count). The summed E-state index contributed by atoms with van der Waals surface area (Å²) >= 11 is 0. The first kappa shape index (κ1) is 31.4. The molecule has 0 bridgehead atoms. The monoisotopic (exact) mass is 590 g/mol. The summed E-state index contributed by atoms with van der Waals surface area (Å²) in [5, 5.41) is 3.22. The molecule has 9 nitrogen and oxygen atoms in total. The number of hydrogen-bond acceptors (Lipinski definition) is 7. The van der Waals surface area contributed by atoms with E-state index in [9.17, 15) is 16.8 Å². The molecule has 1 unspecified atom stereocenters. The summed E-state index contributed by atoms with van der Waals surface area (Å²) in [6.45, 7) is 6.71. The number of para-hydroxylation sites is 1. The molecule has 0 aromatic heterocycles. The van der Waals surface area contributed by atoms with Gasteiger partial charge < -0.3 is 15.0 Å². The van der Waals surface area contributed by atoms with Crippen LogP contribution in [0, 0.1) is 5.41 Å². The number of ether oxygens (including phenoxy) is 1. The van der Waals surface area contributed by atoms with Gasteiger partial charge in [0, 0.05) is 53.6 Å². The Bertz CT molecular complexity index is 1400. The van der Waals surface area contributed by atoms with Gasteiger partial charge in [-0.3, -0.25) is 9.11 Å². The molecule has 40 heavy (non-hydrogen) atoms. The fourth-order valence-corrected chi connectivity index (χ4v) is 5.20. The van der Waals surface area contributed by atoms with E-state index >= 15 is 0 Å². The average molecular weight is 591 g/mol. The molecule has 0 spiro atoms. The van der Waals surface area contributed by atoms with Gasteiger partial charge >= 0.3 is 0 Å². The first-order chi connectivity index (χ1) is 18.7. The molecule has 1 aliphatic rings. The lowest BCUT2D eigenvalue weighted by Gasteiger charge is -2.32. The van der Waals surface area contributed by atoms with Crippen LogP contribution in [0.15, 0.2) is 84.8 Å². The van der Waals surface area contributed by atoms with E-state index < -0.39 is 31.7 Å². The van der Waals surface area contributed by atoms with Crippen LogP contribution >= 0.6 is 0 Å². The van der Waals surface area contributed by atoms with Crippen molar-refractivity contribution in [1.82, 2.24) is 0 Å². The number of nitrogens with zero attached hydrogens (tertiary/aromatic N) is 1. The summed E-state index contributed by atoms with van der Waals surface area (Å²) in [7, 11) is -8.26. The van der Waals surface area contributed by atoms with Crippen molar-refractivity contribution in [2.24, 2.45) is 5.41 Å². The van der Waals surface area contributed by atoms with Crippen molar-refractivity contribution in [2.75, 3.05) is 34.8 Å². The van der Waals surface area contributed by atoms with Gasteiger partial charge in [0.1, 0.15) is 11.5 Å². The maximum atomic E-state index is 11.2. The zero-order valence-corrected chi connectivity index (χ0v) is 24.7. The van der Waals surface area contributed by atoms with Crippen molar-refractivity contribution in [3.05, 3.63) is 90.4 Å². The second-order valence-electron chi connectivity index (χ2n) is 10.7. The van der Waals surface area contributed by atoms with E-state index in [1.165, 1.54) is 0 Å². The molecule has 0 fully saturated rings. The number of fused-ring (bicyclic) bond motifs is 1. The Morgan fingerprint density at radius 1 is 0.925 bits per heavy atom. The van der Waals surface area contributed by atoms with Gasteiger partial charge in [-0.15, -0.1) is 0 Å². The van der Waals surface area contributed by atoms with Crippen LogP contribution in [0.4, 0.5) is 11.4 Å². The minimum atomic E-state index is -4.13. The van der Waals surface area contributed by atoms with Crippen molar-refractivity contribution < 1.29 is 30.7 Å². The van der Waals surface area contributed by atoms with Crippen LogP contribution in [-0.4, -0.2) is 50.5 Å². The second kappa shape index (κ2) is 13.5. The van der Waals surface area contributed by atoms with Gasteiger partial charge in [-0.1, -0.05) is 57.2 Å². The highest BCUT2D eigenvalue weighted by molar-refractivity contribution is 7.86. The number of benzene rings is 2. The van der Waals surface area contributed by atoms with E-state index in [0.29, 0.717) is 11.4 Å². The minimum absolute atomic E-state index is 0.0547. The zero-order chi connectivity index (χ0) is 29.4. The van der Waals surface area contributed by atoms with Crippen LogP contribution in [0.25, 0.3) is 0 Å². The van der Waals surface area contributed by atoms with Gasteiger partial charge in [0.2, 0.25) is 0 Å². The second-order valence-corrected chi connectivity index (χ2v) is 13.8. The Morgan fingerprint density at radius 3 is 2.12 bits per heavy atom. The lowest BCUT2D eigenvalue weighted by molar-refractivity contribution is 0.282. The van der Waals surface area contributed by atoms with E-state index in [-0.39, 0.29) is 37.3 Å². The average Bonchev–Trinajstić information content (AvgIpc) is 2.85. The Balaban J connectivity index is 1.84. The van der Waals surface area contributed by atoms with Gasteiger partial charge in [0.25, 0.3) is 20.2 Å². The highest BCUT2D eigenvalue weighted by atomic mass is 32.2. The largest absolute Gasteiger partial charge is 0.461 e. The normalized spacial score (nSPS) is 16.0. The third-order valence-corrected chi connectivity index (χ3v) is 7.83. The number of anilines is 2. The molecule has 2 aromatic carbocycles. The third kappa shape index (κ3) is 10.5. The Labute approximate surface area is 237 Å². The van der Waals surface area contributed by atoms with Crippen molar-refractivity contribution in [3.63, 3.8) is 0 Å². The van der Waals surface area contributed by atoms with Crippen molar-refractivity contribution in [2.45, 2.75) is 39.5 Å². The van der Waals surface area contributed by atoms with Crippen molar-refractivity contribution >= 4 is 31.6 Å². The van der Waals surface area contributed by atoms with Crippen LogP contribution in [0.5, 0.6) is 5.75 Å². The fraction of sp³-hybridized carbons (Fsp3) is 0.379. The minimum Gasteiger partial charge on any atom is -0.461 e. The molecule has 2 aromatic rings. The molecule has 0 radical (unpaired) electrons. The molecule has 0 aliphatic carbocycles. The highest BCUT2D eigenvalue weighted by Crippen LogP contribution is 2.42. The van der Waals surface area contributed by atoms with Crippen LogP contribution in [0.1, 0.15) is 45.1 Å².